The van der Waals surface area contributed by atoms with Crippen molar-refractivity contribution in [1.82, 2.24) is 15.0 Å². The fourth-order valence-electron chi connectivity index (χ4n) is 3.44. The molecule has 0 spiro atoms. The number of rotatable bonds is 4. The third-order valence-electron chi connectivity index (χ3n) is 4.54. The molecule has 0 aliphatic heterocycles. The predicted molar refractivity (Wildman–Crippen MR) is 85.9 cm³/mol. The number of aryl methyl sites for hydroxylation is 1. The van der Waals surface area contributed by atoms with Crippen molar-refractivity contribution in [3.8, 4) is 0 Å². The number of hydrogen-bond donors (Lipinski definition) is 3. The zero-order chi connectivity index (χ0) is 14.9. The molecule has 112 valence electrons. The summed E-state index contributed by atoms with van der Waals surface area (Å²) in [5.41, 5.74) is 3.54. The van der Waals surface area contributed by atoms with E-state index in [1.807, 2.05) is 12.3 Å². The van der Waals surface area contributed by atoms with E-state index in [0.717, 1.165) is 29.7 Å². The molecule has 0 radical (unpaired) electrons. The van der Waals surface area contributed by atoms with Gasteiger partial charge in [-0.25, -0.2) is 9.97 Å². The van der Waals surface area contributed by atoms with Crippen molar-refractivity contribution < 1.29 is 5.11 Å². The standard InChI is InChI=1S/C17H18N4O/c22-9-15(13-6-5-11-3-1-2-4-12(11)13)21-17-14-7-8-18-16(14)19-10-20-17/h1-4,7-8,10,13,15,22H,5-6,9H2,(H2,18,19,20,21)/t13-,15-/m1/s1. The Labute approximate surface area is 128 Å². The summed E-state index contributed by atoms with van der Waals surface area (Å²) in [4.78, 5) is 11.6. The number of fused-ring (bicyclic) bond motifs is 2. The second-order valence-electron chi connectivity index (χ2n) is 5.74. The van der Waals surface area contributed by atoms with E-state index in [2.05, 4.69) is 44.5 Å². The van der Waals surface area contributed by atoms with Gasteiger partial charge >= 0.3 is 0 Å². The Morgan fingerprint density at radius 1 is 1.27 bits per heavy atom. The van der Waals surface area contributed by atoms with E-state index in [4.69, 9.17) is 0 Å². The van der Waals surface area contributed by atoms with E-state index in [0.29, 0.717) is 5.92 Å². The quantitative estimate of drug-likeness (QED) is 0.691. The number of nitrogens with one attached hydrogen (secondary N) is 2. The van der Waals surface area contributed by atoms with Gasteiger partial charge in [-0.05, 0) is 30.0 Å². The molecule has 3 N–H and O–H groups in total. The Morgan fingerprint density at radius 2 is 2.18 bits per heavy atom. The van der Waals surface area contributed by atoms with Crippen molar-refractivity contribution in [2.75, 3.05) is 11.9 Å². The van der Waals surface area contributed by atoms with Crippen LogP contribution in [0.25, 0.3) is 11.0 Å². The first-order chi connectivity index (χ1) is 10.9. The Morgan fingerprint density at radius 3 is 3.09 bits per heavy atom. The number of anilines is 1. The van der Waals surface area contributed by atoms with E-state index in [-0.39, 0.29) is 12.6 Å². The van der Waals surface area contributed by atoms with Crippen LogP contribution in [0.1, 0.15) is 23.5 Å². The summed E-state index contributed by atoms with van der Waals surface area (Å²) in [7, 11) is 0. The number of hydrogen-bond acceptors (Lipinski definition) is 4. The fraction of sp³-hybridized carbons (Fsp3) is 0.294. The van der Waals surface area contributed by atoms with Crippen molar-refractivity contribution in [3.05, 3.63) is 54.0 Å². The SMILES string of the molecule is OC[C@@H](Nc1ncnc2[nH]ccc12)[C@@H]1CCc2ccccc21. The van der Waals surface area contributed by atoms with Gasteiger partial charge in [-0.15, -0.1) is 0 Å². The van der Waals surface area contributed by atoms with Crippen LogP contribution < -0.4 is 5.32 Å². The van der Waals surface area contributed by atoms with Crippen molar-refractivity contribution in [2.24, 2.45) is 0 Å². The first kappa shape index (κ1) is 13.3. The third-order valence-corrected chi connectivity index (χ3v) is 4.54. The van der Waals surface area contributed by atoms with Gasteiger partial charge in [-0.2, -0.15) is 0 Å². The van der Waals surface area contributed by atoms with Crippen LogP contribution in [0.5, 0.6) is 0 Å². The topological polar surface area (TPSA) is 73.8 Å². The van der Waals surface area contributed by atoms with E-state index in [9.17, 15) is 5.11 Å². The Kier molecular flexibility index (Phi) is 3.27. The summed E-state index contributed by atoms with van der Waals surface area (Å²) in [5.74, 6) is 1.08. The van der Waals surface area contributed by atoms with E-state index in [1.54, 1.807) is 0 Å². The summed E-state index contributed by atoms with van der Waals surface area (Å²) in [5, 5.41) is 14.3. The summed E-state index contributed by atoms with van der Waals surface area (Å²) in [6.45, 7) is 0.0783. The molecule has 1 aromatic carbocycles. The van der Waals surface area contributed by atoms with Crippen LogP contribution in [0.3, 0.4) is 0 Å². The van der Waals surface area contributed by atoms with E-state index < -0.39 is 0 Å². The fourth-order valence-corrected chi connectivity index (χ4v) is 3.44. The molecule has 2 aromatic heterocycles. The van der Waals surface area contributed by atoms with Crippen LogP contribution in [0.4, 0.5) is 5.82 Å². The molecular weight excluding hydrogens is 276 g/mol. The second kappa shape index (κ2) is 5.42. The molecule has 1 aliphatic rings. The van der Waals surface area contributed by atoms with Gasteiger partial charge in [-0.1, -0.05) is 24.3 Å². The molecule has 0 saturated carbocycles. The Hall–Kier alpha value is -2.40. The van der Waals surface area contributed by atoms with Crippen LogP contribution in [0.15, 0.2) is 42.9 Å². The maximum atomic E-state index is 9.88. The molecule has 0 amide bonds. The summed E-state index contributed by atoms with van der Waals surface area (Å²) >= 11 is 0. The molecule has 0 bridgehead atoms. The largest absolute Gasteiger partial charge is 0.394 e. The van der Waals surface area contributed by atoms with Crippen LogP contribution in [0.2, 0.25) is 0 Å². The second-order valence-corrected chi connectivity index (χ2v) is 5.74. The lowest BCUT2D eigenvalue weighted by atomic mass is 9.93. The first-order valence-electron chi connectivity index (χ1n) is 7.60. The van der Waals surface area contributed by atoms with Crippen molar-refractivity contribution in [1.29, 1.82) is 0 Å². The maximum absolute atomic E-state index is 9.88. The van der Waals surface area contributed by atoms with Gasteiger partial charge in [0, 0.05) is 12.1 Å². The molecule has 22 heavy (non-hydrogen) atoms. The molecule has 0 fully saturated rings. The monoisotopic (exact) mass is 294 g/mol. The lowest BCUT2D eigenvalue weighted by Crippen LogP contribution is -2.30. The number of nitrogens with zero attached hydrogens (tertiary/aromatic N) is 2. The van der Waals surface area contributed by atoms with Gasteiger partial charge in [0.2, 0.25) is 0 Å². The van der Waals surface area contributed by atoms with Gasteiger partial charge in [0.15, 0.2) is 0 Å². The van der Waals surface area contributed by atoms with Crippen molar-refractivity contribution in [2.45, 2.75) is 24.8 Å². The molecular formula is C17H18N4O. The number of aliphatic hydroxyl groups is 1. The highest BCUT2D eigenvalue weighted by Crippen LogP contribution is 2.36. The zero-order valence-electron chi connectivity index (χ0n) is 12.2. The Balaban J connectivity index is 1.65. The average Bonchev–Trinajstić information content (AvgIpc) is 3.19. The van der Waals surface area contributed by atoms with Gasteiger partial charge in [0.1, 0.15) is 17.8 Å². The lowest BCUT2D eigenvalue weighted by Gasteiger charge is -2.24. The minimum Gasteiger partial charge on any atom is -0.394 e. The predicted octanol–water partition coefficient (Wildman–Crippen LogP) is 2.46. The van der Waals surface area contributed by atoms with E-state index in [1.165, 1.54) is 17.5 Å². The molecule has 5 nitrogen and oxygen atoms in total. The van der Waals surface area contributed by atoms with Gasteiger partial charge in [0.05, 0.1) is 18.0 Å². The molecule has 0 unspecified atom stereocenters. The minimum absolute atomic E-state index is 0.0448. The Bertz CT molecular complexity index is 798. The number of aromatic nitrogens is 3. The molecule has 1 aliphatic carbocycles. The third kappa shape index (κ3) is 2.14. The van der Waals surface area contributed by atoms with Gasteiger partial charge < -0.3 is 15.4 Å². The summed E-state index contributed by atoms with van der Waals surface area (Å²) < 4.78 is 0. The number of aliphatic hydroxyl groups excluding tert-OH is 1. The molecule has 2 atom stereocenters. The summed E-state index contributed by atoms with van der Waals surface area (Å²) in [6.07, 6.45) is 5.52. The lowest BCUT2D eigenvalue weighted by molar-refractivity contribution is 0.258. The average molecular weight is 294 g/mol. The van der Waals surface area contributed by atoms with Crippen LogP contribution in [0, 0.1) is 0 Å². The smallest absolute Gasteiger partial charge is 0.142 e. The molecule has 3 aromatic rings. The number of H-pyrrole nitrogens is 1. The highest BCUT2D eigenvalue weighted by molar-refractivity contribution is 5.86. The highest BCUT2D eigenvalue weighted by Gasteiger charge is 2.29. The van der Waals surface area contributed by atoms with Gasteiger partial charge in [0.25, 0.3) is 0 Å². The van der Waals surface area contributed by atoms with Crippen molar-refractivity contribution in [3.63, 3.8) is 0 Å². The van der Waals surface area contributed by atoms with Crippen LogP contribution in [-0.4, -0.2) is 32.7 Å². The van der Waals surface area contributed by atoms with Crippen LogP contribution in [-0.2, 0) is 6.42 Å². The van der Waals surface area contributed by atoms with Gasteiger partial charge in [-0.3, -0.25) is 0 Å². The molecule has 5 heteroatoms. The normalized spacial score (nSPS) is 18.3. The van der Waals surface area contributed by atoms with Crippen LogP contribution >= 0.6 is 0 Å². The molecule has 4 rings (SSSR count). The summed E-state index contributed by atoms with van der Waals surface area (Å²) in [6, 6.07) is 10.4. The maximum Gasteiger partial charge on any atom is 0.142 e. The molecule has 2 heterocycles. The first-order valence-corrected chi connectivity index (χ1v) is 7.60. The zero-order valence-corrected chi connectivity index (χ0v) is 12.2. The number of aromatic amines is 1. The van der Waals surface area contributed by atoms with E-state index >= 15 is 0 Å². The highest BCUT2D eigenvalue weighted by atomic mass is 16.3. The van der Waals surface area contributed by atoms with Crippen molar-refractivity contribution >= 4 is 16.9 Å². The minimum atomic E-state index is -0.0448. The molecule has 0 saturated heterocycles. The number of benzene rings is 1.